The summed E-state index contributed by atoms with van der Waals surface area (Å²) in [6.07, 6.45) is 13.6. The molecule has 0 radical (unpaired) electrons. The van der Waals surface area contributed by atoms with Crippen LogP contribution in [0.15, 0.2) is 29.2 Å². The molecule has 5 saturated carbocycles. The molecule has 5 aliphatic rings. The van der Waals surface area contributed by atoms with Gasteiger partial charge in [-0.05, 0) is 81.3 Å². The van der Waals surface area contributed by atoms with E-state index in [1.807, 2.05) is 36.2 Å². The number of rotatable bonds is 6. The molecule has 0 atom stereocenters. The van der Waals surface area contributed by atoms with Crippen LogP contribution in [-0.2, 0) is 4.79 Å². The first-order valence-corrected chi connectivity index (χ1v) is 13.3. The first kappa shape index (κ1) is 21.4. The zero-order chi connectivity index (χ0) is 21.4. The summed E-state index contributed by atoms with van der Waals surface area (Å²) in [5.74, 6) is 3.10. The van der Waals surface area contributed by atoms with Crippen molar-refractivity contribution in [1.29, 1.82) is 0 Å². The number of thioether (sulfide) groups is 1. The fourth-order valence-corrected chi connectivity index (χ4v) is 8.18. The largest absolute Gasteiger partial charge is 0.350 e. The maximum atomic E-state index is 13.2. The number of amides is 2. The van der Waals surface area contributed by atoms with Gasteiger partial charge in [0.05, 0.1) is 11.3 Å². The Kier molecular flexibility index (Phi) is 6.07. The number of carbonyl (C=O) groups is 2. The number of carbonyl (C=O) groups excluding carboxylic acids is 2. The summed E-state index contributed by atoms with van der Waals surface area (Å²) in [5, 5.41) is 3.46. The van der Waals surface area contributed by atoms with Crippen LogP contribution in [0.4, 0.5) is 0 Å². The van der Waals surface area contributed by atoms with Gasteiger partial charge in [0.15, 0.2) is 0 Å². The second kappa shape index (κ2) is 8.80. The summed E-state index contributed by atoms with van der Waals surface area (Å²) in [6, 6.07) is 8.16. The van der Waals surface area contributed by atoms with Gasteiger partial charge in [-0.2, -0.15) is 0 Å². The zero-order valence-corrected chi connectivity index (χ0v) is 19.6. The van der Waals surface area contributed by atoms with Gasteiger partial charge in [-0.15, -0.1) is 11.8 Å². The molecule has 0 spiro atoms. The standard InChI is InChI=1S/C26H36N2O2S/c1-28(21-7-3-2-4-8-21)25(30)22-9-5-6-10-23(22)31-17-24(29)27-26-14-18-11-19(15-26)13-20(12-18)16-26/h5-6,9-10,18-21H,2-4,7-8,11-17H2,1H3,(H,27,29). The fraction of sp³-hybridized carbons (Fsp3) is 0.692. The van der Waals surface area contributed by atoms with Gasteiger partial charge < -0.3 is 10.2 Å². The van der Waals surface area contributed by atoms with Crippen molar-refractivity contribution < 1.29 is 9.59 Å². The maximum absolute atomic E-state index is 13.2. The average molecular weight is 441 g/mol. The Hall–Kier alpha value is -1.49. The molecular weight excluding hydrogens is 404 g/mol. The van der Waals surface area contributed by atoms with Crippen molar-refractivity contribution in [2.45, 2.75) is 87.1 Å². The minimum Gasteiger partial charge on any atom is -0.350 e. The molecule has 5 heteroatoms. The molecule has 1 aromatic rings. The Balaban J connectivity index is 1.21. The molecule has 4 nitrogen and oxygen atoms in total. The van der Waals surface area contributed by atoms with E-state index in [2.05, 4.69) is 5.32 Å². The van der Waals surface area contributed by atoms with E-state index in [0.717, 1.165) is 41.1 Å². The summed E-state index contributed by atoms with van der Waals surface area (Å²) in [6.45, 7) is 0. The van der Waals surface area contributed by atoms with Crippen molar-refractivity contribution in [2.75, 3.05) is 12.8 Å². The lowest BCUT2D eigenvalue weighted by Crippen LogP contribution is -2.60. The van der Waals surface area contributed by atoms with Crippen molar-refractivity contribution in [1.82, 2.24) is 10.2 Å². The predicted molar refractivity (Wildman–Crippen MR) is 125 cm³/mol. The van der Waals surface area contributed by atoms with E-state index in [1.165, 1.54) is 69.5 Å². The van der Waals surface area contributed by atoms with Gasteiger partial charge in [0.1, 0.15) is 0 Å². The van der Waals surface area contributed by atoms with Crippen LogP contribution >= 0.6 is 11.8 Å². The molecule has 31 heavy (non-hydrogen) atoms. The van der Waals surface area contributed by atoms with Crippen LogP contribution in [0.25, 0.3) is 0 Å². The van der Waals surface area contributed by atoms with Crippen LogP contribution in [0.3, 0.4) is 0 Å². The zero-order valence-electron chi connectivity index (χ0n) is 18.8. The average Bonchev–Trinajstić information content (AvgIpc) is 2.76. The lowest BCUT2D eigenvalue weighted by molar-refractivity contribution is -0.124. The molecule has 5 aliphatic carbocycles. The van der Waals surface area contributed by atoms with Crippen LogP contribution < -0.4 is 5.32 Å². The topological polar surface area (TPSA) is 49.4 Å². The van der Waals surface area contributed by atoms with E-state index in [-0.39, 0.29) is 17.4 Å². The minimum atomic E-state index is 0.0585. The Morgan fingerprint density at radius 3 is 2.26 bits per heavy atom. The number of benzene rings is 1. The normalized spacial score (nSPS) is 32.1. The van der Waals surface area contributed by atoms with Gasteiger partial charge in [-0.1, -0.05) is 31.4 Å². The van der Waals surface area contributed by atoms with Gasteiger partial charge in [0, 0.05) is 23.5 Å². The van der Waals surface area contributed by atoms with Crippen LogP contribution in [0.1, 0.15) is 81.0 Å². The molecular formula is C26H36N2O2S. The third-order valence-electron chi connectivity index (χ3n) is 8.36. The monoisotopic (exact) mass is 440 g/mol. The molecule has 0 saturated heterocycles. The van der Waals surface area contributed by atoms with Crippen LogP contribution in [0.2, 0.25) is 0 Å². The number of nitrogens with one attached hydrogen (secondary N) is 1. The summed E-state index contributed by atoms with van der Waals surface area (Å²) in [4.78, 5) is 29.0. The van der Waals surface area contributed by atoms with Gasteiger partial charge in [-0.25, -0.2) is 0 Å². The lowest BCUT2D eigenvalue weighted by Gasteiger charge is -2.56. The third kappa shape index (κ3) is 4.53. The number of nitrogens with zero attached hydrogens (tertiary/aromatic N) is 1. The van der Waals surface area contributed by atoms with Crippen LogP contribution in [-0.4, -0.2) is 41.1 Å². The maximum Gasteiger partial charge on any atom is 0.254 e. The Labute approximate surface area is 190 Å². The molecule has 0 unspecified atom stereocenters. The highest BCUT2D eigenvalue weighted by atomic mass is 32.2. The van der Waals surface area contributed by atoms with E-state index in [9.17, 15) is 9.59 Å². The third-order valence-corrected chi connectivity index (χ3v) is 9.44. The van der Waals surface area contributed by atoms with Crippen molar-refractivity contribution in [3.8, 4) is 0 Å². The van der Waals surface area contributed by atoms with Crippen LogP contribution in [0, 0.1) is 17.8 Å². The van der Waals surface area contributed by atoms with E-state index >= 15 is 0 Å². The summed E-state index contributed by atoms with van der Waals surface area (Å²) >= 11 is 1.52. The first-order valence-electron chi connectivity index (χ1n) is 12.3. The quantitative estimate of drug-likeness (QED) is 0.613. The second-order valence-corrected chi connectivity index (χ2v) is 11.8. The first-order chi connectivity index (χ1) is 15.0. The Bertz CT molecular complexity index is 797. The summed E-state index contributed by atoms with van der Waals surface area (Å²) in [5.41, 5.74) is 0.798. The number of hydrogen-bond acceptors (Lipinski definition) is 3. The molecule has 6 rings (SSSR count). The highest BCUT2D eigenvalue weighted by Crippen LogP contribution is 2.55. The van der Waals surface area contributed by atoms with E-state index in [4.69, 9.17) is 0 Å². The van der Waals surface area contributed by atoms with Crippen LogP contribution in [0.5, 0.6) is 0 Å². The summed E-state index contributed by atoms with van der Waals surface area (Å²) < 4.78 is 0. The van der Waals surface area contributed by atoms with E-state index in [0.29, 0.717) is 11.8 Å². The molecule has 5 fully saturated rings. The molecule has 168 valence electrons. The fourth-order valence-electron chi connectivity index (χ4n) is 7.33. The number of hydrogen-bond donors (Lipinski definition) is 1. The second-order valence-electron chi connectivity index (χ2n) is 10.7. The van der Waals surface area contributed by atoms with Gasteiger partial charge in [-0.3, -0.25) is 9.59 Å². The molecule has 2 amide bonds. The van der Waals surface area contributed by atoms with Crippen molar-refractivity contribution >= 4 is 23.6 Å². The summed E-state index contributed by atoms with van der Waals surface area (Å²) in [7, 11) is 1.94. The van der Waals surface area contributed by atoms with Crippen molar-refractivity contribution in [3.63, 3.8) is 0 Å². The molecule has 1 aromatic carbocycles. The van der Waals surface area contributed by atoms with E-state index < -0.39 is 0 Å². The van der Waals surface area contributed by atoms with Gasteiger partial charge >= 0.3 is 0 Å². The highest BCUT2D eigenvalue weighted by molar-refractivity contribution is 8.00. The molecule has 0 aromatic heterocycles. The highest BCUT2D eigenvalue weighted by Gasteiger charge is 2.51. The molecule has 1 N–H and O–H groups in total. The predicted octanol–water partition coefficient (Wildman–Crippen LogP) is 5.27. The molecule has 4 bridgehead atoms. The Morgan fingerprint density at radius 1 is 1.00 bits per heavy atom. The van der Waals surface area contributed by atoms with E-state index in [1.54, 1.807) is 0 Å². The molecule has 0 heterocycles. The Morgan fingerprint density at radius 2 is 1.61 bits per heavy atom. The van der Waals surface area contributed by atoms with Gasteiger partial charge in [0.2, 0.25) is 5.91 Å². The molecule has 0 aliphatic heterocycles. The van der Waals surface area contributed by atoms with Gasteiger partial charge in [0.25, 0.3) is 5.91 Å². The lowest BCUT2D eigenvalue weighted by atomic mass is 9.53. The smallest absolute Gasteiger partial charge is 0.254 e. The SMILES string of the molecule is CN(C(=O)c1ccccc1SCC(=O)NC12CC3CC(CC(C3)C1)C2)C1CCCCC1. The minimum absolute atomic E-state index is 0.0585. The van der Waals surface area contributed by atoms with Crippen molar-refractivity contribution in [3.05, 3.63) is 29.8 Å². The van der Waals surface area contributed by atoms with Crippen molar-refractivity contribution in [2.24, 2.45) is 17.8 Å².